The maximum absolute atomic E-state index is 9.20. The summed E-state index contributed by atoms with van der Waals surface area (Å²) in [6.07, 6.45) is 0.748. The van der Waals surface area contributed by atoms with Gasteiger partial charge in [0.05, 0.1) is 0 Å². The molecule has 1 rings (SSSR count). The third kappa shape index (κ3) is 3.82. The van der Waals surface area contributed by atoms with E-state index in [-0.39, 0.29) is 12.0 Å². The minimum atomic E-state index is -0.184. The first-order chi connectivity index (χ1) is 7.89. The molecular weight excluding hydrogens is 238 g/mol. The summed E-state index contributed by atoms with van der Waals surface area (Å²) in [5.41, 5.74) is 0.661. The van der Waals surface area contributed by atoms with Gasteiger partial charge in [0.15, 0.2) is 0 Å². The number of hydrogen-bond donors (Lipinski definition) is 2. The summed E-state index contributed by atoms with van der Waals surface area (Å²) in [5, 5.41) is 12.9. The van der Waals surface area contributed by atoms with Gasteiger partial charge >= 0.3 is 0 Å². The maximum Gasteiger partial charge on any atom is 0.137 e. The highest BCUT2D eigenvalue weighted by Crippen LogP contribution is 2.22. The number of nitrogens with zero attached hydrogens (tertiary/aromatic N) is 2. The first kappa shape index (κ1) is 14.2. The molecule has 1 aromatic rings. The molecule has 0 aliphatic heterocycles. The van der Waals surface area contributed by atoms with Gasteiger partial charge in [-0.25, -0.2) is 9.97 Å². The highest BCUT2D eigenvalue weighted by atomic mass is 35.5. The second kappa shape index (κ2) is 5.65. The average Bonchev–Trinajstić information content (AvgIpc) is 2.31. The van der Waals surface area contributed by atoms with Gasteiger partial charge in [-0.15, -0.1) is 0 Å². The van der Waals surface area contributed by atoms with E-state index in [0.717, 1.165) is 23.6 Å². The molecule has 2 N–H and O–H groups in total. The predicted molar refractivity (Wildman–Crippen MR) is 70.5 cm³/mol. The lowest BCUT2D eigenvalue weighted by molar-refractivity contribution is 0.170. The summed E-state index contributed by atoms with van der Waals surface area (Å²) in [6.45, 7) is 8.61. The van der Waals surface area contributed by atoms with Crippen molar-refractivity contribution in [3.63, 3.8) is 0 Å². The van der Waals surface area contributed by atoms with Crippen LogP contribution >= 0.6 is 11.6 Å². The van der Waals surface area contributed by atoms with Crippen molar-refractivity contribution in [2.24, 2.45) is 5.41 Å². The lowest BCUT2D eigenvalue weighted by Crippen LogP contribution is -2.27. The van der Waals surface area contributed by atoms with Crippen molar-refractivity contribution in [2.75, 3.05) is 18.5 Å². The lowest BCUT2D eigenvalue weighted by Gasteiger charge is -2.23. The van der Waals surface area contributed by atoms with Crippen LogP contribution < -0.4 is 5.32 Å². The second-order valence-corrected chi connectivity index (χ2v) is 5.29. The molecule has 0 bridgehead atoms. The minimum absolute atomic E-state index is 0.124. The molecule has 0 radical (unpaired) electrons. The second-order valence-electron chi connectivity index (χ2n) is 4.93. The molecule has 0 atom stereocenters. The van der Waals surface area contributed by atoms with Crippen LogP contribution in [-0.4, -0.2) is 28.2 Å². The van der Waals surface area contributed by atoms with E-state index in [9.17, 15) is 5.11 Å². The van der Waals surface area contributed by atoms with Crippen molar-refractivity contribution >= 4 is 17.4 Å². The van der Waals surface area contributed by atoms with Crippen LogP contribution in [0.2, 0.25) is 5.15 Å². The van der Waals surface area contributed by atoms with E-state index in [0.29, 0.717) is 11.7 Å². The van der Waals surface area contributed by atoms with Gasteiger partial charge in [-0.3, -0.25) is 0 Å². The summed E-state index contributed by atoms with van der Waals surface area (Å²) < 4.78 is 0. The summed E-state index contributed by atoms with van der Waals surface area (Å²) in [4.78, 5) is 8.58. The molecule has 0 saturated heterocycles. The fourth-order valence-electron chi connectivity index (χ4n) is 1.24. The van der Waals surface area contributed by atoms with Gasteiger partial charge in [0.1, 0.15) is 16.8 Å². The number of hydrogen-bond acceptors (Lipinski definition) is 4. The topological polar surface area (TPSA) is 58.0 Å². The van der Waals surface area contributed by atoms with Gasteiger partial charge in [-0.2, -0.15) is 0 Å². The van der Waals surface area contributed by atoms with E-state index >= 15 is 0 Å². The SMILES string of the molecule is CCc1nc(Cl)c(C)c(NCC(C)(C)CO)n1. The smallest absolute Gasteiger partial charge is 0.137 e. The molecule has 96 valence electrons. The van der Waals surface area contributed by atoms with Crippen LogP contribution in [0.25, 0.3) is 0 Å². The Morgan fingerprint density at radius 3 is 2.53 bits per heavy atom. The van der Waals surface area contributed by atoms with Crippen molar-refractivity contribution < 1.29 is 5.11 Å². The molecule has 4 nitrogen and oxygen atoms in total. The zero-order valence-corrected chi connectivity index (χ0v) is 11.6. The molecule has 5 heteroatoms. The number of aliphatic hydroxyl groups excluding tert-OH is 1. The molecule has 17 heavy (non-hydrogen) atoms. The van der Waals surface area contributed by atoms with Crippen LogP contribution in [0.5, 0.6) is 0 Å². The minimum Gasteiger partial charge on any atom is -0.396 e. The molecule has 0 spiro atoms. The van der Waals surface area contributed by atoms with Gasteiger partial charge < -0.3 is 10.4 Å². The van der Waals surface area contributed by atoms with Gasteiger partial charge in [-0.1, -0.05) is 32.4 Å². The Morgan fingerprint density at radius 2 is 2.00 bits per heavy atom. The summed E-state index contributed by atoms with van der Waals surface area (Å²) in [6, 6.07) is 0. The Balaban J connectivity index is 2.87. The number of nitrogens with one attached hydrogen (secondary N) is 1. The van der Waals surface area contributed by atoms with Gasteiger partial charge in [-0.05, 0) is 6.92 Å². The highest BCUT2D eigenvalue weighted by Gasteiger charge is 2.17. The van der Waals surface area contributed by atoms with E-state index in [1.54, 1.807) is 0 Å². The largest absolute Gasteiger partial charge is 0.396 e. The monoisotopic (exact) mass is 257 g/mol. The van der Waals surface area contributed by atoms with Gasteiger partial charge in [0, 0.05) is 30.6 Å². The van der Waals surface area contributed by atoms with Crippen molar-refractivity contribution in [1.82, 2.24) is 9.97 Å². The van der Waals surface area contributed by atoms with Crippen molar-refractivity contribution in [1.29, 1.82) is 0 Å². The average molecular weight is 258 g/mol. The fraction of sp³-hybridized carbons (Fsp3) is 0.667. The van der Waals surface area contributed by atoms with E-state index < -0.39 is 0 Å². The number of aliphatic hydroxyl groups is 1. The standard InChI is InChI=1S/C12H20ClN3O/c1-5-9-15-10(13)8(2)11(16-9)14-6-12(3,4)7-17/h17H,5-7H2,1-4H3,(H,14,15,16). The van der Waals surface area contributed by atoms with Crippen LogP contribution in [0.4, 0.5) is 5.82 Å². The quantitative estimate of drug-likeness (QED) is 0.796. The molecule has 1 aromatic heterocycles. The third-order valence-corrected chi connectivity index (χ3v) is 2.98. The number of anilines is 1. The Labute approximate surface area is 107 Å². The van der Waals surface area contributed by atoms with E-state index in [1.165, 1.54) is 0 Å². The first-order valence-electron chi connectivity index (χ1n) is 5.77. The molecule has 0 fully saturated rings. The Kier molecular flexibility index (Phi) is 4.71. The number of rotatable bonds is 5. The maximum atomic E-state index is 9.20. The zero-order valence-electron chi connectivity index (χ0n) is 10.8. The molecule has 1 heterocycles. The molecule has 0 amide bonds. The lowest BCUT2D eigenvalue weighted by atomic mass is 9.95. The van der Waals surface area contributed by atoms with Crippen molar-refractivity contribution in [2.45, 2.75) is 34.1 Å². The fourth-order valence-corrected chi connectivity index (χ4v) is 1.43. The Hall–Kier alpha value is -0.870. The van der Waals surface area contributed by atoms with Crippen molar-refractivity contribution in [3.8, 4) is 0 Å². The van der Waals surface area contributed by atoms with E-state index in [4.69, 9.17) is 11.6 Å². The van der Waals surface area contributed by atoms with Gasteiger partial charge in [0.25, 0.3) is 0 Å². The van der Waals surface area contributed by atoms with E-state index in [1.807, 2.05) is 27.7 Å². The highest BCUT2D eigenvalue weighted by molar-refractivity contribution is 6.30. The molecule has 0 aromatic carbocycles. The van der Waals surface area contributed by atoms with Crippen LogP contribution in [0.3, 0.4) is 0 Å². The van der Waals surface area contributed by atoms with Gasteiger partial charge in [0.2, 0.25) is 0 Å². The predicted octanol–water partition coefficient (Wildman–Crippen LogP) is 2.43. The Bertz CT molecular complexity index is 394. The molecular formula is C12H20ClN3O. The zero-order chi connectivity index (χ0) is 13.1. The summed E-state index contributed by atoms with van der Waals surface area (Å²) in [7, 11) is 0. The van der Waals surface area contributed by atoms with Crippen LogP contribution in [-0.2, 0) is 6.42 Å². The summed E-state index contributed by atoms with van der Waals surface area (Å²) in [5.74, 6) is 1.48. The molecule has 0 aliphatic carbocycles. The third-order valence-electron chi connectivity index (χ3n) is 2.61. The Morgan fingerprint density at radius 1 is 1.35 bits per heavy atom. The number of aryl methyl sites for hydroxylation is 1. The van der Waals surface area contributed by atoms with E-state index in [2.05, 4.69) is 15.3 Å². The number of halogens is 1. The molecule has 0 unspecified atom stereocenters. The molecule has 0 aliphatic rings. The number of aromatic nitrogens is 2. The van der Waals surface area contributed by atoms with Crippen molar-refractivity contribution in [3.05, 3.63) is 16.5 Å². The van der Waals surface area contributed by atoms with Crippen LogP contribution in [0, 0.1) is 12.3 Å². The van der Waals surface area contributed by atoms with Crippen LogP contribution in [0.1, 0.15) is 32.2 Å². The molecule has 0 saturated carbocycles. The van der Waals surface area contributed by atoms with Crippen LogP contribution in [0.15, 0.2) is 0 Å². The first-order valence-corrected chi connectivity index (χ1v) is 6.15. The summed E-state index contributed by atoms with van der Waals surface area (Å²) >= 11 is 6.04. The normalized spacial score (nSPS) is 11.6.